The van der Waals surface area contributed by atoms with Gasteiger partial charge >= 0.3 is 0 Å². The molecule has 0 saturated carbocycles. The summed E-state index contributed by atoms with van der Waals surface area (Å²) in [6, 6.07) is 8.72. The molecule has 0 aliphatic carbocycles. The normalized spacial score (nSPS) is 13.5. The molecule has 1 N–H and O–H groups in total. The van der Waals surface area contributed by atoms with E-state index in [0.717, 1.165) is 18.8 Å². The van der Waals surface area contributed by atoms with Crippen molar-refractivity contribution >= 4 is 0 Å². The summed E-state index contributed by atoms with van der Waals surface area (Å²) in [5.74, 6) is 0.960. The lowest BCUT2D eigenvalue weighted by Crippen LogP contribution is -2.12. The third kappa shape index (κ3) is 5.22. The summed E-state index contributed by atoms with van der Waals surface area (Å²) >= 11 is 0. The molecule has 0 saturated heterocycles. The maximum atomic E-state index is 5.73. The zero-order valence-electron chi connectivity index (χ0n) is 11.7. The van der Waals surface area contributed by atoms with Crippen LogP contribution >= 0.6 is 0 Å². The summed E-state index contributed by atoms with van der Waals surface area (Å²) in [6.07, 6.45) is 1.07. The molecular formula is C15H25NO. The lowest BCUT2D eigenvalue weighted by Gasteiger charge is -2.18. The van der Waals surface area contributed by atoms with Crippen molar-refractivity contribution in [2.45, 2.75) is 40.2 Å². The Morgan fingerprint density at radius 3 is 2.24 bits per heavy atom. The third-order valence-corrected chi connectivity index (χ3v) is 2.93. The fourth-order valence-corrected chi connectivity index (χ4v) is 1.49. The molecule has 96 valence electrons. The molecule has 0 radical (unpaired) electrons. The Morgan fingerprint density at radius 1 is 1.18 bits per heavy atom. The predicted octanol–water partition coefficient (Wildman–Crippen LogP) is 3.78. The Bertz CT molecular complexity index is 324. The number of ether oxygens (including phenoxy) is 1. The van der Waals surface area contributed by atoms with E-state index in [4.69, 9.17) is 4.74 Å². The van der Waals surface area contributed by atoms with Crippen molar-refractivity contribution in [3.8, 4) is 5.75 Å². The molecule has 0 spiro atoms. The van der Waals surface area contributed by atoms with Crippen LogP contribution in [0.25, 0.3) is 0 Å². The van der Waals surface area contributed by atoms with Crippen LogP contribution in [-0.2, 0) is 0 Å². The van der Waals surface area contributed by atoms with Crippen LogP contribution in [0.3, 0.4) is 0 Å². The fourth-order valence-electron chi connectivity index (χ4n) is 1.49. The Hall–Kier alpha value is -1.02. The highest BCUT2D eigenvalue weighted by atomic mass is 16.5. The largest absolute Gasteiger partial charge is 0.494 e. The van der Waals surface area contributed by atoms with E-state index in [0.29, 0.717) is 11.5 Å². The minimum atomic E-state index is 0.334. The van der Waals surface area contributed by atoms with E-state index < -0.39 is 0 Å². The Morgan fingerprint density at radius 2 is 1.76 bits per heavy atom. The maximum absolute atomic E-state index is 5.73. The number of hydrogen-bond acceptors (Lipinski definition) is 2. The van der Waals surface area contributed by atoms with Gasteiger partial charge in [-0.15, -0.1) is 0 Å². The van der Waals surface area contributed by atoms with Gasteiger partial charge in [-0.2, -0.15) is 0 Å². The van der Waals surface area contributed by atoms with E-state index in [1.54, 1.807) is 0 Å². The van der Waals surface area contributed by atoms with Crippen LogP contribution in [0.5, 0.6) is 5.75 Å². The summed E-state index contributed by atoms with van der Waals surface area (Å²) < 4.78 is 5.73. The van der Waals surface area contributed by atoms with Gasteiger partial charge in [0.05, 0.1) is 6.61 Å². The second-order valence-corrected chi connectivity index (χ2v) is 5.74. The monoisotopic (exact) mass is 235 g/mol. The summed E-state index contributed by atoms with van der Waals surface area (Å²) in [7, 11) is 1.97. The van der Waals surface area contributed by atoms with Gasteiger partial charge in [0, 0.05) is 6.04 Å². The summed E-state index contributed by atoms with van der Waals surface area (Å²) in [4.78, 5) is 0. The van der Waals surface area contributed by atoms with Crippen LogP contribution < -0.4 is 10.1 Å². The lowest BCUT2D eigenvalue weighted by atomic mass is 9.93. The van der Waals surface area contributed by atoms with Gasteiger partial charge in [-0.05, 0) is 43.5 Å². The summed E-state index contributed by atoms with van der Waals surface area (Å²) in [5, 5.41) is 3.22. The summed E-state index contributed by atoms with van der Waals surface area (Å²) in [5.41, 5.74) is 1.62. The van der Waals surface area contributed by atoms with E-state index in [2.05, 4.69) is 45.1 Å². The number of rotatable bonds is 5. The molecule has 1 atom stereocenters. The average Bonchev–Trinajstić information content (AvgIpc) is 2.27. The fraction of sp³-hybridized carbons (Fsp3) is 0.600. The summed E-state index contributed by atoms with van der Waals surface area (Å²) in [6.45, 7) is 9.62. The second-order valence-electron chi connectivity index (χ2n) is 5.74. The van der Waals surface area contributed by atoms with Crippen LogP contribution in [0.4, 0.5) is 0 Å². The van der Waals surface area contributed by atoms with Crippen LogP contribution in [0.2, 0.25) is 0 Å². The molecule has 17 heavy (non-hydrogen) atoms. The highest BCUT2D eigenvalue weighted by molar-refractivity contribution is 5.28. The third-order valence-electron chi connectivity index (χ3n) is 2.93. The van der Waals surface area contributed by atoms with Crippen molar-refractivity contribution in [3.63, 3.8) is 0 Å². The highest BCUT2D eigenvalue weighted by Gasteiger charge is 2.10. The van der Waals surface area contributed by atoms with E-state index in [-0.39, 0.29) is 0 Å². The lowest BCUT2D eigenvalue weighted by molar-refractivity contribution is 0.243. The minimum absolute atomic E-state index is 0.334. The van der Waals surface area contributed by atoms with Gasteiger partial charge in [0.1, 0.15) is 5.75 Å². The van der Waals surface area contributed by atoms with Gasteiger partial charge in [0.25, 0.3) is 0 Å². The minimum Gasteiger partial charge on any atom is -0.494 e. The van der Waals surface area contributed by atoms with Gasteiger partial charge < -0.3 is 10.1 Å². The maximum Gasteiger partial charge on any atom is 0.119 e. The molecule has 0 aromatic heterocycles. The Balaban J connectivity index is 2.46. The zero-order chi connectivity index (χ0) is 12.9. The second kappa shape index (κ2) is 6.06. The molecular weight excluding hydrogens is 210 g/mol. The standard InChI is InChI=1S/C15H25NO/c1-12(16-5)13-6-8-14(9-7-13)17-11-10-15(2,3)4/h6-9,12,16H,10-11H2,1-5H3. The van der Waals surface area contributed by atoms with Crippen LogP contribution in [0.1, 0.15) is 45.7 Å². The quantitative estimate of drug-likeness (QED) is 0.838. The molecule has 0 bridgehead atoms. The highest BCUT2D eigenvalue weighted by Crippen LogP contribution is 2.21. The first-order valence-electron chi connectivity index (χ1n) is 6.32. The Labute approximate surface area is 105 Å². The van der Waals surface area contributed by atoms with Crippen LogP contribution in [-0.4, -0.2) is 13.7 Å². The van der Waals surface area contributed by atoms with Crippen LogP contribution in [0, 0.1) is 5.41 Å². The molecule has 1 unspecified atom stereocenters. The number of hydrogen-bond donors (Lipinski definition) is 1. The van der Waals surface area contributed by atoms with E-state index in [9.17, 15) is 0 Å². The molecule has 1 aromatic rings. The predicted molar refractivity (Wildman–Crippen MR) is 73.5 cm³/mol. The van der Waals surface area contributed by atoms with Gasteiger partial charge in [-0.3, -0.25) is 0 Å². The molecule has 0 heterocycles. The molecule has 2 nitrogen and oxygen atoms in total. The first-order valence-corrected chi connectivity index (χ1v) is 6.32. The molecule has 2 heteroatoms. The van der Waals surface area contributed by atoms with Gasteiger partial charge in [-0.25, -0.2) is 0 Å². The van der Waals surface area contributed by atoms with E-state index in [1.807, 2.05) is 19.2 Å². The first kappa shape index (κ1) is 14.0. The van der Waals surface area contributed by atoms with Crippen molar-refractivity contribution in [2.24, 2.45) is 5.41 Å². The molecule has 0 aliphatic rings. The topological polar surface area (TPSA) is 21.3 Å². The van der Waals surface area contributed by atoms with Crippen LogP contribution in [0.15, 0.2) is 24.3 Å². The molecule has 0 fully saturated rings. The molecule has 1 aromatic carbocycles. The number of benzene rings is 1. The number of nitrogens with one attached hydrogen (secondary N) is 1. The Kier molecular flexibility index (Phi) is 5.01. The molecule has 0 amide bonds. The van der Waals surface area contributed by atoms with Crippen molar-refractivity contribution in [3.05, 3.63) is 29.8 Å². The zero-order valence-corrected chi connectivity index (χ0v) is 11.7. The van der Waals surface area contributed by atoms with Crippen molar-refractivity contribution < 1.29 is 4.74 Å². The van der Waals surface area contributed by atoms with E-state index in [1.165, 1.54) is 5.56 Å². The molecule has 1 rings (SSSR count). The van der Waals surface area contributed by atoms with Crippen molar-refractivity contribution in [2.75, 3.05) is 13.7 Å². The van der Waals surface area contributed by atoms with Crippen molar-refractivity contribution in [1.29, 1.82) is 0 Å². The van der Waals surface area contributed by atoms with Gasteiger partial charge in [0.15, 0.2) is 0 Å². The van der Waals surface area contributed by atoms with Gasteiger partial charge in [-0.1, -0.05) is 32.9 Å². The van der Waals surface area contributed by atoms with E-state index >= 15 is 0 Å². The first-order chi connectivity index (χ1) is 7.92. The average molecular weight is 235 g/mol. The SMILES string of the molecule is CNC(C)c1ccc(OCCC(C)(C)C)cc1. The smallest absolute Gasteiger partial charge is 0.119 e. The molecule has 0 aliphatic heterocycles. The van der Waals surface area contributed by atoms with Crippen molar-refractivity contribution in [1.82, 2.24) is 5.32 Å². The van der Waals surface area contributed by atoms with Gasteiger partial charge in [0.2, 0.25) is 0 Å².